The van der Waals surface area contributed by atoms with Gasteiger partial charge >= 0.3 is 0 Å². The van der Waals surface area contributed by atoms with Crippen molar-refractivity contribution < 1.29 is 4.79 Å². The first-order valence-corrected chi connectivity index (χ1v) is 11.2. The standard InChI is InChI=1S/C26H25N7O/c1-17-3-8-28-15-21(17)19-12-20-14-24(31-16-22(20)23(27)13-19)32-25(34)11-18-4-9-33(10-5-18)26-29-6-2-7-30-26/h2-3,6-8,11-16H,4-5,9-10,27H2,1H3,(H,31,32,34). The van der Waals surface area contributed by atoms with Gasteiger partial charge in [-0.3, -0.25) is 9.78 Å². The van der Waals surface area contributed by atoms with E-state index < -0.39 is 0 Å². The lowest BCUT2D eigenvalue weighted by molar-refractivity contribution is -0.112. The number of amides is 1. The molecule has 1 amide bonds. The number of benzene rings is 1. The van der Waals surface area contributed by atoms with Gasteiger partial charge in [0.2, 0.25) is 11.9 Å². The van der Waals surface area contributed by atoms with Crippen molar-refractivity contribution in [3.8, 4) is 11.1 Å². The Kier molecular flexibility index (Phi) is 5.86. The van der Waals surface area contributed by atoms with E-state index in [1.54, 1.807) is 36.9 Å². The minimum Gasteiger partial charge on any atom is -0.398 e. The number of nitrogens with two attached hydrogens (primary N) is 1. The number of fused-ring (bicyclic) bond motifs is 1. The lowest BCUT2D eigenvalue weighted by Crippen LogP contribution is -2.32. The molecule has 1 aromatic carbocycles. The Hall–Kier alpha value is -4.33. The zero-order chi connectivity index (χ0) is 23.5. The van der Waals surface area contributed by atoms with Gasteiger partial charge in [-0.05, 0) is 66.6 Å². The molecule has 0 radical (unpaired) electrons. The Morgan fingerprint density at radius 1 is 1.06 bits per heavy atom. The summed E-state index contributed by atoms with van der Waals surface area (Å²) in [6.45, 7) is 3.61. The number of nitrogen functional groups attached to an aromatic ring is 1. The van der Waals surface area contributed by atoms with E-state index in [9.17, 15) is 4.79 Å². The molecule has 4 aromatic rings. The fourth-order valence-corrected chi connectivity index (χ4v) is 4.22. The highest BCUT2D eigenvalue weighted by Gasteiger charge is 2.17. The molecule has 0 spiro atoms. The summed E-state index contributed by atoms with van der Waals surface area (Å²) in [4.78, 5) is 32.0. The molecule has 1 aliphatic rings. The molecule has 0 aliphatic carbocycles. The van der Waals surface area contributed by atoms with Crippen LogP contribution in [0.4, 0.5) is 17.5 Å². The highest BCUT2D eigenvalue weighted by Crippen LogP contribution is 2.31. The van der Waals surface area contributed by atoms with Crippen LogP contribution in [0, 0.1) is 6.92 Å². The number of hydrogen-bond donors (Lipinski definition) is 2. The third-order valence-corrected chi connectivity index (χ3v) is 6.05. The van der Waals surface area contributed by atoms with Crippen molar-refractivity contribution >= 4 is 34.1 Å². The maximum Gasteiger partial charge on any atom is 0.249 e. The number of anilines is 3. The quantitative estimate of drug-likeness (QED) is 0.354. The van der Waals surface area contributed by atoms with Gasteiger partial charge in [0.15, 0.2) is 0 Å². The first-order valence-electron chi connectivity index (χ1n) is 11.2. The zero-order valence-electron chi connectivity index (χ0n) is 18.9. The Morgan fingerprint density at radius 2 is 1.85 bits per heavy atom. The molecule has 3 N–H and O–H groups in total. The maximum absolute atomic E-state index is 12.7. The van der Waals surface area contributed by atoms with E-state index in [-0.39, 0.29) is 5.91 Å². The Labute approximate surface area is 197 Å². The largest absolute Gasteiger partial charge is 0.398 e. The number of aryl methyl sites for hydroxylation is 1. The van der Waals surface area contributed by atoms with Gasteiger partial charge in [-0.15, -0.1) is 0 Å². The predicted octanol–water partition coefficient (Wildman–Crippen LogP) is 4.14. The van der Waals surface area contributed by atoms with Crippen molar-refractivity contribution in [3.05, 3.63) is 78.5 Å². The van der Waals surface area contributed by atoms with Crippen molar-refractivity contribution in [2.24, 2.45) is 0 Å². The van der Waals surface area contributed by atoms with Crippen molar-refractivity contribution in [2.75, 3.05) is 29.0 Å². The number of aromatic nitrogens is 4. The van der Waals surface area contributed by atoms with Crippen molar-refractivity contribution in [3.63, 3.8) is 0 Å². The van der Waals surface area contributed by atoms with Crippen LogP contribution in [0.25, 0.3) is 21.9 Å². The SMILES string of the molecule is Cc1ccncc1-c1cc(N)c2cnc(NC(=O)C=C3CCN(c4ncccn4)CC3)cc2c1. The molecule has 170 valence electrons. The molecule has 3 aromatic heterocycles. The van der Waals surface area contributed by atoms with Crippen LogP contribution in [0.1, 0.15) is 18.4 Å². The number of hydrogen-bond acceptors (Lipinski definition) is 7. The molecule has 1 saturated heterocycles. The van der Waals surface area contributed by atoms with E-state index in [1.807, 2.05) is 37.4 Å². The average molecular weight is 452 g/mol. The Balaban J connectivity index is 1.31. The van der Waals surface area contributed by atoms with Crippen LogP contribution in [0.2, 0.25) is 0 Å². The average Bonchev–Trinajstić information content (AvgIpc) is 2.85. The van der Waals surface area contributed by atoms with Crippen LogP contribution in [-0.2, 0) is 4.79 Å². The lowest BCUT2D eigenvalue weighted by atomic mass is 9.99. The summed E-state index contributed by atoms with van der Waals surface area (Å²) in [5.74, 6) is 1.04. The van der Waals surface area contributed by atoms with E-state index in [2.05, 4.69) is 30.2 Å². The summed E-state index contributed by atoms with van der Waals surface area (Å²) in [6.07, 6.45) is 12.1. The number of nitrogens with zero attached hydrogens (tertiary/aromatic N) is 5. The highest BCUT2D eigenvalue weighted by molar-refractivity contribution is 6.02. The summed E-state index contributed by atoms with van der Waals surface area (Å²) < 4.78 is 0. The van der Waals surface area contributed by atoms with Crippen LogP contribution in [0.5, 0.6) is 0 Å². The van der Waals surface area contributed by atoms with E-state index in [0.717, 1.165) is 64.9 Å². The third-order valence-electron chi connectivity index (χ3n) is 6.05. The molecule has 1 aliphatic heterocycles. The van der Waals surface area contributed by atoms with E-state index in [0.29, 0.717) is 11.5 Å². The summed E-state index contributed by atoms with van der Waals surface area (Å²) in [6, 6.07) is 9.61. The molecule has 0 saturated carbocycles. The van der Waals surface area contributed by atoms with Crippen molar-refractivity contribution in [1.29, 1.82) is 0 Å². The molecule has 34 heavy (non-hydrogen) atoms. The molecule has 5 rings (SSSR count). The maximum atomic E-state index is 12.7. The van der Waals surface area contributed by atoms with E-state index >= 15 is 0 Å². The van der Waals surface area contributed by atoms with Gasteiger partial charge < -0.3 is 16.0 Å². The van der Waals surface area contributed by atoms with Crippen LogP contribution in [-0.4, -0.2) is 38.9 Å². The van der Waals surface area contributed by atoms with Crippen LogP contribution < -0.4 is 16.0 Å². The van der Waals surface area contributed by atoms with Crippen molar-refractivity contribution in [1.82, 2.24) is 19.9 Å². The Bertz CT molecular complexity index is 1370. The normalized spacial score (nSPS) is 13.7. The number of carbonyl (C=O) groups excluding carboxylic acids is 1. The monoisotopic (exact) mass is 451 g/mol. The molecule has 0 unspecified atom stereocenters. The molecule has 1 fully saturated rings. The smallest absolute Gasteiger partial charge is 0.249 e. The number of carbonyl (C=O) groups is 1. The van der Waals surface area contributed by atoms with Crippen LogP contribution >= 0.6 is 0 Å². The summed E-state index contributed by atoms with van der Waals surface area (Å²) in [7, 11) is 0. The number of rotatable bonds is 4. The first-order chi connectivity index (χ1) is 16.6. The number of piperidine rings is 1. The van der Waals surface area contributed by atoms with Gasteiger partial charge in [-0.1, -0.05) is 5.57 Å². The zero-order valence-corrected chi connectivity index (χ0v) is 18.9. The number of nitrogens with one attached hydrogen (secondary N) is 1. The molecule has 0 bridgehead atoms. The third kappa shape index (κ3) is 4.56. The van der Waals surface area contributed by atoms with Gasteiger partial charge in [0, 0.05) is 66.8 Å². The second-order valence-electron chi connectivity index (χ2n) is 8.37. The van der Waals surface area contributed by atoms with Gasteiger partial charge in [0.1, 0.15) is 5.82 Å². The van der Waals surface area contributed by atoms with Crippen LogP contribution in [0.15, 0.2) is 73.0 Å². The van der Waals surface area contributed by atoms with E-state index in [4.69, 9.17) is 5.73 Å². The van der Waals surface area contributed by atoms with Gasteiger partial charge in [0.25, 0.3) is 0 Å². The fraction of sp³-hybridized carbons (Fsp3) is 0.192. The minimum absolute atomic E-state index is 0.182. The molecular weight excluding hydrogens is 426 g/mol. The van der Waals surface area contributed by atoms with Crippen molar-refractivity contribution in [2.45, 2.75) is 19.8 Å². The van der Waals surface area contributed by atoms with Gasteiger partial charge in [-0.25, -0.2) is 15.0 Å². The van der Waals surface area contributed by atoms with Gasteiger partial charge in [-0.2, -0.15) is 0 Å². The second kappa shape index (κ2) is 9.27. The number of pyridine rings is 2. The molecule has 8 nitrogen and oxygen atoms in total. The molecule has 8 heteroatoms. The predicted molar refractivity (Wildman–Crippen MR) is 134 cm³/mol. The first kappa shape index (κ1) is 21.5. The van der Waals surface area contributed by atoms with Gasteiger partial charge in [0.05, 0.1) is 0 Å². The minimum atomic E-state index is -0.182. The summed E-state index contributed by atoms with van der Waals surface area (Å²) >= 11 is 0. The summed E-state index contributed by atoms with van der Waals surface area (Å²) in [5, 5.41) is 4.65. The fourth-order valence-electron chi connectivity index (χ4n) is 4.22. The second-order valence-corrected chi connectivity index (χ2v) is 8.37. The lowest BCUT2D eigenvalue weighted by Gasteiger charge is -2.28. The molecular formula is C26H25N7O. The molecule has 0 atom stereocenters. The Morgan fingerprint density at radius 3 is 2.62 bits per heavy atom. The van der Waals surface area contributed by atoms with E-state index in [1.165, 1.54) is 0 Å². The topological polar surface area (TPSA) is 110 Å². The molecule has 4 heterocycles. The van der Waals surface area contributed by atoms with Crippen LogP contribution in [0.3, 0.4) is 0 Å². The highest BCUT2D eigenvalue weighted by atomic mass is 16.1. The summed E-state index contributed by atoms with van der Waals surface area (Å²) in [5.41, 5.74) is 11.2.